The molecule has 11 heavy (non-hydrogen) atoms. The van der Waals surface area contributed by atoms with Crippen LogP contribution in [0.25, 0.3) is 0 Å². The Balaban J connectivity index is 1.97. The molecule has 0 heterocycles. The number of nitrogens with zero attached hydrogens (tertiary/aromatic N) is 1. The molecule has 2 aliphatic carbocycles. The van der Waals surface area contributed by atoms with Crippen LogP contribution in [0.1, 0.15) is 38.5 Å². The van der Waals surface area contributed by atoms with E-state index in [0.29, 0.717) is 5.92 Å². The van der Waals surface area contributed by atoms with Crippen molar-refractivity contribution in [2.24, 2.45) is 17.8 Å². The average Bonchev–Trinajstić information content (AvgIpc) is 2.50. The van der Waals surface area contributed by atoms with Gasteiger partial charge in [-0.3, -0.25) is 0 Å². The molecule has 0 N–H and O–H groups in total. The fraction of sp³-hybridized carbons (Fsp3) is 0.900. The van der Waals surface area contributed by atoms with Gasteiger partial charge in [0.15, 0.2) is 0 Å². The molecule has 0 bridgehead atoms. The monoisotopic (exact) mass is 149 g/mol. The first kappa shape index (κ1) is 7.16. The highest BCUT2D eigenvalue weighted by Gasteiger charge is 2.33. The Kier molecular flexibility index (Phi) is 1.85. The highest BCUT2D eigenvalue weighted by Crippen LogP contribution is 2.43. The van der Waals surface area contributed by atoms with E-state index in [9.17, 15) is 0 Å². The Hall–Kier alpha value is -0.510. The van der Waals surface area contributed by atoms with Crippen LogP contribution in [-0.2, 0) is 0 Å². The Morgan fingerprint density at radius 3 is 2.64 bits per heavy atom. The third-order valence-electron chi connectivity index (χ3n) is 3.47. The Labute approximate surface area is 68.4 Å². The zero-order valence-electron chi connectivity index (χ0n) is 6.92. The molecule has 1 heteroatoms. The third kappa shape index (κ3) is 1.27. The molecular weight excluding hydrogens is 134 g/mol. The highest BCUT2D eigenvalue weighted by atomic mass is 14.4. The van der Waals surface area contributed by atoms with Gasteiger partial charge in [0, 0.05) is 5.92 Å². The molecule has 0 saturated heterocycles. The van der Waals surface area contributed by atoms with Gasteiger partial charge in [0.05, 0.1) is 6.07 Å². The van der Waals surface area contributed by atoms with Gasteiger partial charge in [0.2, 0.25) is 0 Å². The lowest BCUT2D eigenvalue weighted by atomic mass is 9.76. The molecule has 0 amide bonds. The first-order valence-corrected chi connectivity index (χ1v) is 4.80. The van der Waals surface area contributed by atoms with E-state index in [4.69, 9.17) is 5.26 Å². The zero-order chi connectivity index (χ0) is 7.68. The predicted molar refractivity (Wildman–Crippen MR) is 43.8 cm³/mol. The maximum absolute atomic E-state index is 8.76. The smallest absolute Gasteiger partial charge is 0.0655 e. The Bertz CT molecular complexity index is 180. The van der Waals surface area contributed by atoms with Gasteiger partial charge in [-0.1, -0.05) is 19.3 Å². The van der Waals surface area contributed by atoms with E-state index in [1.807, 2.05) is 0 Å². The van der Waals surface area contributed by atoms with E-state index in [0.717, 1.165) is 11.8 Å². The van der Waals surface area contributed by atoms with Gasteiger partial charge in [-0.05, 0) is 31.1 Å². The van der Waals surface area contributed by atoms with E-state index in [-0.39, 0.29) is 0 Å². The van der Waals surface area contributed by atoms with E-state index in [1.54, 1.807) is 0 Å². The van der Waals surface area contributed by atoms with Crippen molar-refractivity contribution in [2.75, 3.05) is 0 Å². The fourth-order valence-corrected chi connectivity index (χ4v) is 2.82. The first-order valence-electron chi connectivity index (χ1n) is 4.80. The molecule has 2 fully saturated rings. The topological polar surface area (TPSA) is 23.8 Å². The van der Waals surface area contributed by atoms with Crippen molar-refractivity contribution in [1.29, 1.82) is 5.26 Å². The van der Waals surface area contributed by atoms with Gasteiger partial charge in [0.25, 0.3) is 0 Å². The summed E-state index contributed by atoms with van der Waals surface area (Å²) in [7, 11) is 0. The van der Waals surface area contributed by atoms with Crippen molar-refractivity contribution >= 4 is 0 Å². The number of hydrogen-bond acceptors (Lipinski definition) is 1. The van der Waals surface area contributed by atoms with Crippen LogP contribution < -0.4 is 0 Å². The summed E-state index contributed by atoms with van der Waals surface area (Å²) in [4.78, 5) is 0. The van der Waals surface area contributed by atoms with Crippen molar-refractivity contribution in [3.8, 4) is 6.07 Å². The summed E-state index contributed by atoms with van der Waals surface area (Å²) < 4.78 is 0. The Morgan fingerprint density at radius 2 is 1.82 bits per heavy atom. The summed E-state index contributed by atoms with van der Waals surface area (Å²) in [6, 6.07) is 2.42. The predicted octanol–water partition coefficient (Wildman–Crippen LogP) is 2.73. The summed E-state index contributed by atoms with van der Waals surface area (Å²) in [5, 5.41) is 8.76. The summed E-state index contributed by atoms with van der Waals surface area (Å²) in [6.07, 6.45) is 8.00. The van der Waals surface area contributed by atoms with Crippen LogP contribution in [0.4, 0.5) is 0 Å². The van der Waals surface area contributed by atoms with E-state index < -0.39 is 0 Å². The van der Waals surface area contributed by atoms with Gasteiger partial charge >= 0.3 is 0 Å². The van der Waals surface area contributed by atoms with Crippen LogP contribution in [0.2, 0.25) is 0 Å². The normalized spacial score (nSPS) is 43.0. The van der Waals surface area contributed by atoms with Crippen LogP contribution in [0.15, 0.2) is 0 Å². The van der Waals surface area contributed by atoms with E-state index in [2.05, 4.69) is 6.07 Å². The largest absolute Gasteiger partial charge is 0.198 e. The van der Waals surface area contributed by atoms with Gasteiger partial charge in [0.1, 0.15) is 0 Å². The fourth-order valence-electron chi connectivity index (χ4n) is 2.82. The molecule has 0 aliphatic heterocycles. The molecule has 60 valence electrons. The summed E-state index contributed by atoms with van der Waals surface area (Å²) in [6.45, 7) is 0. The SMILES string of the molecule is N#CC1CCC2CCCC2C1. The molecule has 0 aromatic carbocycles. The first-order chi connectivity index (χ1) is 5.40. The van der Waals surface area contributed by atoms with E-state index >= 15 is 0 Å². The van der Waals surface area contributed by atoms with Gasteiger partial charge in [-0.25, -0.2) is 0 Å². The number of hydrogen-bond donors (Lipinski definition) is 0. The summed E-state index contributed by atoms with van der Waals surface area (Å²) in [5.74, 6) is 2.32. The van der Waals surface area contributed by atoms with Gasteiger partial charge in [-0.15, -0.1) is 0 Å². The van der Waals surface area contributed by atoms with Crippen molar-refractivity contribution < 1.29 is 0 Å². The number of fused-ring (bicyclic) bond motifs is 1. The quantitative estimate of drug-likeness (QED) is 0.519. The summed E-state index contributed by atoms with van der Waals surface area (Å²) in [5.41, 5.74) is 0. The maximum Gasteiger partial charge on any atom is 0.0655 e. The molecule has 2 aliphatic rings. The molecule has 3 unspecified atom stereocenters. The van der Waals surface area contributed by atoms with Crippen LogP contribution in [0, 0.1) is 29.1 Å². The number of rotatable bonds is 0. The van der Waals surface area contributed by atoms with E-state index in [1.165, 1.54) is 38.5 Å². The lowest BCUT2D eigenvalue weighted by Gasteiger charge is -2.27. The minimum absolute atomic E-state index is 0.398. The second-order valence-electron chi connectivity index (χ2n) is 4.09. The van der Waals surface area contributed by atoms with Crippen molar-refractivity contribution in [2.45, 2.75) is 38.5 Å². The average molecular weight is 149 g/mol. The molecule has 0 spiro atoms. The van der Waals surface area contributed by atoms with Crippen molar-refractivity contribution in [3.05, 3.63) is 0 Å². The zero-order valence-corrected chi connectivity index (χ0v) is 6.92. The van der Waals surface area contributed by atoms with Crippen molar-refractivity contribution in [3.63, 3.8) is 0 Å². The molecular formula is C10H15N. The Morgan fingerprint density at radius 1 is 1.00 bits per heavy atom. The molecule has 0 radical (unpaired) electrons. The molecule has 0 aromatic rings. The second kappa shape index (κ2) is 2.85. The minimum Gasteiger partial charge on any atom is -0.198 e. The van der Waals surface area contributed by atoms with Gasteiger partial charge < -0.3 is 0 Å². The van der Waals surface area contributed by atoms with Crippen LogP contribution >= 0.6 is 0 Å². The number of nitriles is 1. The molecule has 0 aromatic heterocycles. The third-order valence-corrected chi connectivity index (χ3v) is 3.47. The second-order valence-corrected chi connectivity index (χ2v) is 4.09. The van der Waals surface area contributed by atoms with Crippen LogP contribution in [0.3, 0.4) is 0 Å². The van der Waals surface area contributed by atoms with Gasteiger partial charge in [-0.2, -0.15) is 5.26 Å². The molecule has 1 nitrogen and oxygen atoms in total. The minimum atomic E-state index is 0.398. The standard InChI is InChI=1S/C10H15N/c11-7-8-4-5-9-2-1-3-10(9)6-8/h8-10H,1-6H2. The maximum atomic E-state index is 8.76. The molecule has 2 rings (SSSR count). The van der Waals surface area contributed by atoms with Crippen LogP contribution in [0.5, 0.6) is 0 Å². The van der Waals surface area contributed by atoms with Crippen molar-refractivity contribution in [1.82, 2.24) is 0 Å². The molecule has 2 saturated carbocycles. The lowest BCUT2D eigenvalue weighted by Crippen LogP contribution is -2.19. The summed E-state index contributed by atoms with van der Waals surface area (Å²) >= 11 is 0. The lowest BCUT2D eigenvalue weighted by molar-refractivity contribution is 0.240. The van der Waals surface area contributed by atoms with Crippen LogP contribution in [-0.4, -0.2) is 0 Å². The highest BCUT2D eigenvalue weighted by molar-refractivity contribution is 4.92. The molecule has 3 atom stereocenters.